The van der Waals surface area contributed by atoms with E-state index in [0.717, 1.165) is 11.1 Å². The van der Waals surface area contributed by atoms with Crippen molar-refractivity contribution >= 4 is 21.8 Å². The lowest BCUT2D eigenvalue weighted by molar-refractivity contribution is 0.511. The molecule has 0 fully saturated rings. The summed E-state index contributed by atoms with van der Waals surface area (Å²) in [6.07, 6.45) is 0. The van der Waals surface area contributed by atoms with Gasteiger partial charge in [-0.1, -0.05) is 36.4 Å². The fourth-order valence-electron chi connectivity index (χ4n) is 3.65. The molecule has 30 heavy (non-hydrogen) atoms. The molecule has 6 heteroatoms. The first-order valence-electron chi connectivity index (χ1n) is 9.43. The average molecular weight is 396 g/mol. The van der Waals surface area contributed by atoms with E-state index in [1.807, 2.05) is 38.1 Å². The Labute approximate surface area is 170 Å². The predicted octanol–water partition coefficient (Wildman–Crippen LogP) is 4.64. The summed E-state index contributed by atoms with van der Waals surface area (Å²) in [5.41, 5.74) is 2.77. The molecule has 5 aromatic rings. The van der Waals surface area contributed by atoms with Crippen molar-refractivity contribution in [1.82, 2.24) is 9.97 Å². The van der Waals surface area contributed by atoms with E-state index in [4.69, 9.17) is 8.83 Å². The number of aromatic nitrogens is 2. The molecule has 0 radical (unpaired) electrons. The molecular weight excluding hydrogens is 380 g/mol. The molecule has 0 unspecified atom stereocenters. The van der Waals surface area contributed by atoms with Gasteiger partial charge < -0.3 is 8.83 Å². The van der Waals surface area contributed by atoms with Gasteiger partial charge in [-0.3, -0.25) is 0 Å². The zero-order chi connectivity index (χ0) is 20.8. The smallest absolute Gasteiger partial charge is 0.347 e. The molecule has 6 nitrogen and oxygen atoms in total. The summed E-state index contributed by atoms with van der Waals surface area (Å²) in [6.45, 7) is 3.67. The summed E-state index contributed by atoms with van der Waals surface area (Å²) in [5.74, 6) is 0.282. The number of aryl methyl sites for hydroxylation is 2. The maximum atomic E-state index is 12.6. The van der Waals surface area contributed by atoms with Crippen molar-refractivity contribution in [3.63, 3.8) is 0 Å². The topological polar surface area (TPSA) is 86.2 Å². The summed E-state index contributed by atoms with van der Waals surface area (Å²) in [5, 5.41) is 0.897. The van der Waals surface area contributed by atoms with Crippen molar-refractivity contribution in [2.45, 2.75) is 13.8 Å². The van der Waals surface area contributed by atoms with Gasteiger partial charge in [0.1, 0.15) is 0 Å². The summed E-state index contributed by atoms with van der Waals surface area (Å²) >= 11 is 0. The van der Waals surface area contributed by atoms with Crippen LogP contribution >= 0.6 is 0 Å². The predicted molar refractivity (Wildman–Crippen MR) is 114 cm³/mol. The maximum Gasteiger partial charge on any atom is 0.347 e. The highest BCUT2D eigenvalue weighted by molar-refractivity contribution is 5.85. The van der Waals surface area contributed by atoms with Crippen LogP contribution in [0.15, 0.2) is 79.1 Å². The molecule has 3 aromatic carbocycles. The fourth-order valence-corrected chi connectivity index (χ4v) is 3.65. The van der Waals surface area contributed by atoms with Crippen LogP contribution in [-0.2, 0) is 0 Å². The molecule has 0 aliphatic carbocycles. The SMILES string of the molecule is Cc1cccc2nc(-c3ccccc3-c3nc4cccc(C)c4c(=O)o3)oc(=O)c12. The van der Waals surface area contributed by atoms with E-state index >= 15 is 0 Å². The molecule has 146 valence electrons. The lowest BCUT2D eigenvalue weighted by Crippen LogP contribution is -2.06. The molecule has 0 saturated carbocycles. The Bertz CT molecular complexity index is 1450. The standard InChI is InChI=1S/C24H16N2O4/c1-13-7-5-11-17-19(13)23(27)29-21(25-17)15-9-3-4-10-16(15)22-26-18-12-6-8-14(2)20(18)24(28)30-22/h3-12H,1-2H3. The van der Waals surface area contributed by atoms with Crippen LogP contribution in [0.5, 0.6) is 0 Å². The molecule has 5 rings (SSSR count). The number of fused-ring (bicyclic) bond motifs is 2. The Kier molecular flexibility index (Phi) is 4.06. The zero-order valence-electron chi connectivity index (χ0n) is 16.3. The fraction of sp³-hybridized carbons (Fsp3) is 0.0833. The summed E-state index contributed by atoms with van der Waals surface area (Å²) < 4.78 is 11.1. The Morgan fingerprint density at radius 3 is 1.47 bits per heavy atom. The van der Waals surface area contributed by atoms with Gasteiger partial charge in [0.2, 0.25) is 11.8 Å². The monoisotopic (exact) mass is 396 g/mol. The molecular formula is C24H16N2O4. The van der Waals surface area contributed by atoms with Gasteiger partial charge in [0.25, 0.3) is 0 Å². The van der Waals surface area contributed by atoms with Gasteiger partial charge in [0.15, 0.2) is 0 Å². The number of hydrogen-bond acceptors (Lipinski definition) is 6. The summed E-state index contributed by atoms with van der Waals surface area (Å²) in [7, 11) is 0. The number of rotatable bonds is 2. The Morgan fingerprint density at radius 2 is 1.03 bits per heavy atom. The van der Waals surface area contributed by atoms with Crippen LogP contribution in [0.25, 0.3) is 44.7 Å². The highest BCUT2D eigenvalue weighted by atomic mass is 16.4. The van der Waals surface area contributed by atoms with Crippen molar-refractivity contribution in [1.29, 1.82) is 0 Å². The first-order chi connectivity index (χ1) is 14.5. The Morgan fingerprint density at radius 1 is 0.600 bits per heavy atom. The highest BCUT2D eigenvalue weighted by Gasteiger charge is 2.18. The summed E-state index contributed by atoms with van der Waals surface area (Å²) in [6, 6.07) is 18.0. The van der Waals surface area contributed by atoms with E-state index in [2.05, 4.69) is 9.97 Å². The largest absolute Gasteiger partial charge is 0.403 e. The van der Waals surface area contributed by atoms with Crippen molar-refractivity contribution in [2.24, 2.45) is 0 Å². The number of hydrogen-bond donors (Lipinski definition) is 0. The molecule has 0 saturated heterocycles. The minimum atomic E-state index is -0.466. The van der Waals surface area contributed by atoms with Gasteiger partial charge in [-0.15, -0.1) is 0 Å². The normalized spacial score (nSPS) is 11.3. The van der Waals surface area contributed by atoms with Crippen LogP contribution < -0.4 is 11.3 Å². The van der Waals surface area contributed by atoms with Crippen molar-refractivity contribution < 1.29 is 8.83 Å². The zero-order valence-corrected chi connectivity index (χ0v) is 16.3. The average Bonchev–Trinajstić information content (AvgIpc) is 2.73. The minimum Gasteiger partial charge on any atom is -0.403 e. The van der Waals surface area contributed by atoms with E-state index in [0.29, 0.717) is 32.9 Å². The number of nitrogens with zero attached hydrogens (tertiary/aromatic N) is 2. The van der Waals surface area contributed by atoms with E-state index in [1.165, 1.54) is 0 Å². The van der Waals surface area contributed by atoms with Crippen LogP contribution in [0.2, 0.25) is 0 Å². The summed E-state index contributed by atoms with van der Waals surface area (Å²) in [4.78, 5) is 34.3. The molecule has 2 aromatic heterocycles. The van der Waals surface area contributed by atoms with Crippen molar-refractivity contribution in [3.8, 4) is 22.9 Å². The third-order valence-electron chi connectivity index (χ3n) is 5.12. The third kappa shape index (κ3) is 2.81. The highest BCUT2D eigenvalue weighted by Crippen LogP contribution is 2.30. The molecule has 0 amide bonds. The molecule has 0 bridgehead atoms. The molecule has 0 aliphatic rings. The number of benzene rings is 3. The van der Waals surface area contributed by atoms with Gasteiger partial charge in [0, 0.05) is 11.1 Å². The second kappa shape index (κ2) is 6.77. The maximum absolute atomic E-state index is 12.6. The molecule has 0 spiro atoms. The molecule has 0 atom stereocenters. The molecule has 2 heterocycles. The van der Waals surface area contributed by atoms with Crippen LogP contribution in [0.1, 0.15) is 11.1 Å². The van der Waals surface area contributed by atoms with Gasteiger partial charge in [-0.2, -0.15) is 0 Å². The van der Waals surface area contributed by atoms with Gasteiger partial charge in [-0.25, -0.2) is 19.6 Å². The van der Waals surface area contributed by atoms with E-state index in [1.54, 1.807) is 36.4 Å². The second-order valence-electron chi connectivity index (χ2n) is 7.10. The third-order valence-corrected chi connectivity index (χ3v) is 5.12. The minimum absolute atomic E-state index is 0.141. The molecule has 0 N–H and O–H groups in total. The Balaban J connectivity index is 1.77. The van der Waals surface area contributed by atoms with Crippen LogP contribution in [-0.4, -0.2) is 9.97 Å². The first-order valence-corrected chi connectivity index (χ1v) is 9.43. The van der Waals surface area contributed by atoms with Gasteiger partial charge >= 0.3 is 11.3 Å². The van der Waals surface area contributed by atoms with Gasteiger partial charge in [0.05, 0.1) is 21.8 Å². The van der Waals surface area contributed by atoms with Crippen LogP contribution in [0.3, 0.4) is 0 Å². The van der Waals surface area contributed by atoms with Crippen molar-refractivity contribution in [3.05, 3.63) is 92.6 Å². The first kappa shape index (κ1) is 18.0. The molecule has 0 aliphatic heterocycles. The lowest BCUT2D eigenvalue weighted by Gasteiger charge is -2.08. The quantitative estimate of drug-likeness (QED) is 0.432. The second-order valence-corrected chi connectivity index (χ2v) is 7.10. The van der Waals surface area contributed by atoms with E-state index in [-0.39, 0.29) is 11.8 Å². The van der Waals surface area contributed by atoms with E-state index < -0.39 is 11.3 Å². The van der Waals surface area contributed by atoms with Crippen LogP contribution in [0.4, 0.5) is 0 Å². The lowest BCUT2D eigenvalue weighted by atomic mass is 10.1. The van der Waals surface area contributed by atoms with Gasteiger partial charge in [-0.05, 0) is 49.2 Å². The van der Waals surface area contributed by atoms with Crippen molar-refractivity contribution in [2.75, 3.05) is 0 Å². The van der Waals surface area contributed by atoms with E-state index in [9.17, 15) is 9.59 Å². The Hall–Kier alpha value is -4.06. The van der Waals surface area contributed by atoms with Crippen LogP contribution in [0, 0.1) is 13.8 Å².